The van der Waals surface area contributed by atoms with Crippen molar-refractivity contribution < 1.29 is 23.5 Å². The fourth-order valence-electron chi connectivity index (χ4n) is 3.94. The number of fused-ring (bicyclic) bond motifs is 1. The second-order valence-electron chi connectivity index (χ2n) is 7.99. The van der Waals surface area contributed by atoms with E-state index in [-0.39, 0.29) is 47.8 Å². The van der Waals surface area contributed by atoms with Crippen LogP contribution in [0.25, 0.3) is 0 Å². The first-order valence-corrected chi connectivity index (χ1v) is 10.2. The van der Waals surface area contributed by atoms with Crippen LogP contribution in [0.5, 0.6) is 0 Å². The molecule has 3 fully saturated rings. The van der Waals surface area contributed by atoms with Crippen molar-refractivity contribution in [2.75, 3.05) is 13.2 Å². The predicted molar refractivity (Wildman–Crippen MR) is 100 cm³/mol. The minimum atomic E-state index is -0.233. The summed E-state index contributed by atoms with van der Waals surface area (Å²) in [6, 6.07) is 6.18. The first kappa shape index (κ1) is 19.3. The lowest BCUT2D eigenvalue weighted by Crippen LogP contribution is -2.47. The van der Waals surface area contributed by atoms with Crippen LogP contribution in [-0.4, -0.2) is 49.3 Å². The van der Waals surface area contributed by atoms with Gasteiger partial charge in [0.05, 0.1) is 25.3 Å². The van der Waals surface area contributed by atoms with E-state index in [1.54, 1.807) is 12.1 Å². The van der Waals surface area contributed by atoms with Gasteiger partial charge in [-0.15, -0.1) is 0 Å². The molecule has 1 aromatic rings. The van der Waals surface area contributed by atoms with Gasteiger partial charge in [-0.1, -0.05) is 12.1 Å². The number of ether oxygens (including phenoxy) is 2. The SMILES string of the molecule is O=C(CCCCc1ccc(F)cc1)N[C@@H]1CO[C@H]2[C@@H]1OC[C@H]2NC(=O)C1CC1. The Labute approximate surface area is 164 Å². The number of aryl methyl sites for hydroxylation is 1. The molecular weight excluding hydrogens is 363 g/mol. The fourth-order valence-corrected chi connectivity index (χ4v) is 3.94. The maximum Gasteiger partial charge on any atom is 0.223 e. The molecule has 1 aliphatic carbocycles. The molecular formula is C21H27FN2O4. The molecule has 4 rings (SSSR count). The molecule has 0 bridgehead atoms. The zero-order valence-electron chi connectivity index (χ0n) is 15.9. The summed E-state index contributed by atoms with van der Waals surface area (Å²) in [6.07, 6.45) is 4.46. The van der Waals surface area contributed by atoms with E-state index >= 15 is 0 Å². The third-order valence-electron chi connectivity index (χ3n) is 5.71. The van der Waals surface area contributed by atoms with Gasteiger partial charge in [0.15, 0.2) is 0 Å². The largest absolute Gasteiger partial charge is 0.371 e. The molecule has 2 heterocycles. The van der Waals surface area contributed by atoms with E-state index in [0.717, 1.165) is 37.7 Å². The molecule has 2 amide bonds. The van der Waals surface area contributed by atoms with Crippen molar-refractivity contribution in [3.05, 3.63) is 35.6 Å². The Morgan fingerprint density at radius 3 is 2.25 bits per heavy atom. The number of hydrogen-bond acceptors (Lipinski definition) is 4. The summed E-state index contributed by atoms with van der Waals surface area (Å²) in [5, 5.41) is 6.04. The Kier molecular flexibility index (Phi) is 5.92. The standard InChI is InChI=1S/C21H27FN2O4/c22-15-9-5-13(6-10-15)3-1-2-4-18(25)23-16-11-27-20-17(12-28-19(16)20)24-21(26)14-7-8-14/h5-6,9-10,14,16-17,19-20H,1-4,7-8,11-12H2,(H,23,25)(H,24,26)/t16-,17-,19-,20-/m1/s1. The van der Waals surface area contributed by atoms with Crippen LogP contribution in [0.3, 0.4) is 0 Å². The fraction of sp³-hybridized carbons (Fsp3) is 0.619. The number of carbonyl (C=O) groups is 2. The van der Waals surface area contributed by atoms with Gasteiger partial charge >= 0.3 is 0 Å². The highest BCUT2D eigenvalue weighted by Gasteiger charge is 2.49. The third-order valence-corrected chi connectivity index (χ3v) is 5.71. The molecule has 7 heteroatoms. The molecule has 0 radical (unpaired) electrons. The van der Waals surface area contributed by atoms with Crippen molar-refractivity contribution >= 4 is 11.8 Å². The summed E-state index contributed by atoms with van der Waals surface area (Å²) < 4.78 is 24.5. The molecule has 0 spiro atoms. The van der Waals surface area contributed by atoms with Gasteiger partial charge in [0.1, 0.15) is 18.0 Å². The number of hydrogen-bond donors (Lipinski definition) is 2. The highest BCUT2D eigenvalue weighted by Crippen LogP contribution is 2.31. The maximum absolute atomic E-state index is 12.9. The van der Waals surface area contributed by atoms with E-state index < -0.39 is 0 Å². The summed E-state index contributed by atoms with van der Waals surface area (Å²) >= 11 is 0. The Morgan fingerprint density at radius 1 is 0.964 bits per heavy atom. The number of unbranched alkanes of at least 4 members (excludes halogenated alkanes) is 1. The van der Waals surface area contributed by atoms with Gasteiger partial charge in [0.25, 0.3) is 0 Å². The second-order valence-corrected chi connectivity index (χ2v) is 7.99. The van der Waals surface area contributed by atoms with Crippen LogP contribution in [0.4, 0.5) is 4.39 Å². The molecule has 152 valence electrons. The van der Waals surface area contributed by atoms with Crippen LogP contribution in [0.1, 0.15) is 37.7 Å². The molecule has 2 saturated heterocycles. The number of rotatable bonds is 8. The Morgan fingerprint density at radius 2 is 1.61 bits per heavy atom. The van der Waals surface area contributed by atoms with Gasteiger partial charge < -0.3 is 20.1 Å². The van der Waals surface area contributed by atoms with Gasteiger partial charge in [-0.3, -0.25) is 9.59 Å². The smallest absolute Gasteiger partial charge is 0.223 e. The molecule has 0 aromatic heterocycles. The highest BCUT2D eigenvalue weighted by molar-refractivity contribution is 5.81. The minimum absolute atomic E-state index is 0.0116. The van der Waals surface area contributed by atoms with Crippen LogP contribution in [-0.2, 0) is 25.5 Å². The summed E-state index contributed by atoms with van der Waals surface area (Å²) in [5.74, 6) is 0.00321. The summed E-state index contributed by atoms with van der Waals surface area (Å²) in [4.78, 5) is 24.2. The number of amides is 2. The van der Waals surface area contributed by atoms with Crippen molar-refractivity contribution in [1.29, 1.82) is 0 Å². The highest BCUT2D eigenvalue weighted by atomic mass is 19.1. The zero-order valence-corrected chi connectivity index (χ0v) is 15.9. The molecule has 4 atom stereocenters. The number of carbonyl (C=O) groups excluding carboxylic acids is 2. The average Bonchev–Trinajstić information content (AvgIpc) is 3.36. The third kappa shape index (κ3) is 4.70. The van der Waals surface area contributed by atoms with E-state index in [9.17, 15) is 14.0 Å². The topological polar surface area (TPSA) is 76.7 Å². The molecule has 0 unspecified atom stereocenters. The van der Waals surface area contributed by atoms with E-state index in [0.29, 0.717) is 19.6 Å². The second kappa shape index (κ2) is 8.57. The van der Waals surface area contributed by atoms with E-state index in [1.807, 2.05) is 0 Å². The molecule has 2 N–H and O–H groups in total. The number of nitrogens with one attached hydrogen (secondary N) is 2. The van der Waals surface area contributed by atoms with Gasteiger partial charge in [0.2, 0.25) is 11.8 Å². The lowest BCUT2D eigenvalue weighted by atomic mass is 10.0. The Hall–Kier alpha value is -1.99. The number of benzene rings is 1. The maximum atomic E-state index is 12.9. The van der Waals surface area contributed by atoms with Crippen LogP contribution in [0.15, 0.2) is 24.3 Å². The predicted octanol–water partition coefficient (Wildman–Crippen LogP) is 1.72. The Balaban J connectivity index is 1.16. The van der Waals surface area contributed by atoms with E-state index in [1.165, 1.54) is 12.1 Å². The Bertz CT molecular complexity index is 707. The van der Waals surface area contributed by atoms with Gasteiger partial charge in [-0.25, -0.2) is 4.39 Å². The summed E-state index contributed by atoms with van der Waals surface area (Å²) in [6.45, 7) is 0.838. The lowest BCUT2D eigenvalue weighted by Gasteiger charge is -2.18. The zero-order chi connectivity index (χ0) is 19.5. The molecule has 1 aromatic carbocycles. The number of halogens is 1. The van der Waals surface area contributed by atoms with Crippen LogP contribution in [0, 0.1) is 11.7 Å². The van der Waals surface area contributed by atoms with Gasteiger partial charge in [0, 0.05) is 12.3 Å². The first-order chi connectivity index (χ1) is 13.6. The molecule has 6 nitrogen and oxygen atoms in total. The van der Waals surface area contributed by atoms with Crippen LogP contribution >= 0.6 is 0 Å². The van der Waals surface area contributed by atoms with Crippen molar-refractivity contribution in [3.63, 3.8) is 0 Å². The quantitative estimate of drug-likeness (QED) is 0.663. The first-order valence-electron chi connectivity index (χ1n) is 10.2. The minimum Gasteiger partial charge on any atom is -0.371 e. The van der Waals surface area contributed by atoms with Gasteiger partial charge in [-0.2, -0.15) is 0 Å². The van der Waals surface area contributed by atoms with Crippen molar-refractivity contribution in [1.82, 2.24) is 10.6 Å². The summed E-state index contributed by atoms with van der Waals surface area (Å²) in [5.41, 5.74) is 1.08. The van der Waals surface area contributed by atoms with Crippen molar-refractivity contribution in [2.45, 2.75) is 62.8 Å². The van der Waals surface area contributed by atoms with Crippen LogP contribution in [0.2, 0.25) is 0 Å². The average molecular weight is 390 g/mol. The monoisotopic (exact) mass is 390 g/mol. The normalized spacial score (nSPS) is 28.8. The molecule has 3 aliphatic rings. The van der Waals surface area contributed by atoms with Crippen LogP contribution < -0.4 is 10.6 Å². The molecule has 1 saturated carbocycles. The van der Waals surface area contributed by atoms with Crippen molar-refractivity contribution in [3.8, 4) is 0 Å². The summed E-state index contributed by atoms with van der Waals surface area (Å²) in [7, 11) is 0. The molecule has 2 aliphatic heterocycles. The van der Waals surface area contributed by atoms with E-state index in [4.69, 9.17) is 9.47 Å². The van der Waals surface area contributed by atoms with Gasteiger partial charge in [-0.05, 0) is 49.8 Å². The van der Waals surface area contributed by atoms with Crippen molar-refractivity contribution in [2.24, 2.45) is 5.92 Å². The molecule has 28 heavy (non-hydrogen) atoms. The van der Waals surface area contributed by atoms with E-state index in [2.05, 4.69) is 10.6 Å². The lowest BCUT2D eigenvalue weighted by molar-refractivity contribution is -0.123.